The number of carbonyl (C=O) groups excluding carboxylic acids is 1. The zero-order valence-electron chi connectivity index (χ0n) is 12.6. The number of carbonyl (C=O) groups is 1. The Morgan fingerprint density at radius 3 is 2.67 bits per heavy atom. The molecule has 0 bridgehead atoms. The highest BCUT2D eigenvalue weighted by atomic mass is 79.9. The fraction of sp³-hybridized carbons (Fsp3) is 0.533. The average molecular weight is 357 g/mol. The highest BCUT2D eigenvalue weighted by molar-refractivity contribution is 9.09. The van der Waals surface area contributed by atoms with Gasteiger partial charge in [-0.3, -0.25) is 14.9 Å². The number of nitro groups is 1. The van der Waals surface area contributed by atoms with Gasteiger partial charge in [-0.25, -0.2) is 0 Å². The summed E-state index contributed by atoms with van der Waals surface area (Å²) in [6, 6.07) is 4.65. The third-order valence-corrected chi connectivity index (χ3v) is 3.95. The van der Waals surface area contributed by atoms with Gasteiger partial charge in [-0.1, -0.05) is 41.9 Å². The molecule has 0 radical (unpaired) electrons. The summed E-state index contributed by atoms with van der Waals surface area (Å²) >= 11 is 3.39. The molecule has 1 N–H and O–H groups in total. The molecule has 5 nitrogen and oxygen atoms in total. The lowest BCUT2D eigenvalue weighted by Crippen LogP contribution is -2.34. The van der Waals surface area contributed by atoms with Gasteiger partial charge in [0, 0.05) is 17.9 Å². The Labute approximate surface area is 133 Å². The van der Waals surface area contributed by atoms with E-state index < -0.39 is 4.92 Å². The monoisotopic (exact) mass is 356 g/mol. The molecule has 0 fully saturated rings. The van der Waals surface area contributed by atoms with Gasteiger partial charge < -0.3 is 5.32 Å². The lowest BCUT2D eigenvalue weighted by Gasteiger charge is -2.24. The van der Waals surface area contributed by atoms with Crippen LogP contribution < -0.4 is 5.32 Å². The maximum atomic E-state index is 12.3. The summed E-state index contributed by atoms with van der Waals surface area (Å²) in [7, 11) is 0. The molecule has 0 saturated heterocycles. The van der Waals surface area contributed by atoms with Crippen LogP contribution in [0.2, 0.25) is 0 Å². The highest BCUT2D eigenvalue weighted by Gasteiger charge is 2.24. The van der Waals surface area contributed by atoms with E-state index in [1.54, 1.807) is 19.1 Å². The summed E-state index contributed by atoms with van der Waals surface area (Å²) in [5.74, 6) is -0.383. The molecule has 1 amide bonds. The van der Waals surface area contributed by atoms with Crippen molar-refractivity contribution in [2.24, 2.45) is 5.41 Å². The number of nitrogens with one attached hydrogen (secondary N) is 1. The molecule has 21 heavy (non-hydrogen) atoms. The zero-order valence-corrected chi connectivity index (χ0v) is 14.2. The molecule has 0 aliphatic rings. The van der Waals surface area contributed by atoms with Crippen molar-refractivity contribution < 1.29 is 9.72 Å². The number of nitrogens with zero attached hydrogens (tertiary/aromatic N) is 1. The van der Waals surface area contributed by atoms with Gasteiger partial charge >= 0.3 is 0 Å². The number of aryl methyl sites for hydroxylation is 1. The summed E-state index contributed by atoms with van der Waals surface area (Å²) in [6.07, 6.45) is 1.99. The summed E-state index contributed by atoms with van der Waals surface area (Å²) in [5, 5.41) is 14.8. The number of rotatable bonds is 7. The van der Waals surface area contributed by atoms with Gasteiger partial charge in [-0.05, 0) is 30.7 Å². The fourth-order valence-electron chi connectivity index (χ4n) is 2.14. The normalized spacial score (nSPS) is 11.2. The van der Waals surface area contributed by atoms with Crippen molar-refractivity contribution in [2.75, 3.05) is 11.9 Å². The van der Waals surface area contributed by atoms with Gasteiger partial charge in [0.15, 0.2) is 0 Å². The minimum absolute atomic E-state index is 0.0408. The quantitative estimate of drug-likeness (QED) is 0.458. The second-order valence-corrected chi connectivity index (χ2v) is 6.66. The van der Waals surface area contributed by atoms with Gasteiger partial charge in [-0.15, -0.1) is 0 Å². The molecule has 0 unspecified atom stereocenters. The van der Waals surface area contributed by atoms with E-state index in [1.807, 2.05) is 0 Å². The fourth-order valence-corrected chi connectivity index (χ4v) is 2.42. The molecule has 0 saturated carbocycles. The first-order chi connectivity index (χ1) is 9.78. The average Bonchev–Trinajstić information content (AvgIpc) is 2.42. The summed E-state index contributed by atoms with van der Waals surface area (Å²) in [5.41, 5.74) is 0.575. The number of hydrogen-bond donors (Lipinski definition) is 1. The first kappa shape index (κ1) is 17.6. The molecule has 0 aliphatic carbocycles. The third-order valence-electron chi connectivity index (χ3n) is 3.39. The predicted octanol–water partition coefficient (Wildman–Crippen LogP) is 3.83. The van der Waals surface area contributed by atoms with Crippen LogP contribution in [0.15, 0.2) is 18.2 Å². The topological polar surface area (TPSA) is 72.2 Å². The molecule has 1 aromatic rings. The molecule has 1 rings (SSSR count). The Balaban J connectivity index is 2.84. The first-order valence-corrected chi connectivity index (χ1v) is 7.99. The largest absolute Gasteiger partial charge is 0.351 e. The van der Waals surface area contributed by atoms with Gasteiger partial charge in [0.2, 0.25) is 0 Å². The zero-order chi connectivity index (χ0) is 16.0. The highest BCUT2D eigenvalue weighted by Crippen LogP contribution is 2.24. The lowest BCUT2D eigenvalue weighted by atomic mass is 9.88. The van der Waals surface area contributed by atoms with Gasteiger partial charge in [0.05, 0.1) is 4.92 Å². The van der Waals surface area contributed by atoms with Gasteiger partial charge in [-0.2, -0.15) is 0 Å². The minimum Gasteiger partial charge on any atom is -0.351 e. The van der Waals surface area contributed by atoms with Crippen LogP contribution in [0.1, 0.15) is 42.6 Å². The first-order valence-electron chi connectivity index (χ1n) is 6.86. The maximum Gasteiger partial charge on any atom is 0.282 e. The minimum atomic E-state index is -0.516. The van der Waals surface area contributed by atoms with Crippen molar-refractivity contribution in [1.82, 2.24) is 5.32 Å². The summed E-state index contributed by atoms with van der Waals surface area (Å²) < 4.78 is 0. The summed E-state index contributed by atoms with van der Waals surface area (Å²) in [6.45, 7) is 6.34. The Morgan fingerprint density at radius 1 is 1.43 bits per heavy atom. The van der Waals surface area contributed by atoms with Crippen LogP contribution in [0.5, 0.6) is 0 Å². The van der Waals surface area contributed by atoms with Crippen LogP contribution in [0.25, 0.3) is 0 Å². The van der Waals surface area contributed by atoms with Gasteiger partial charge in [0.1, 0.15) is 5.56 Å². The van der Waals surface area contributed by atoms with E-state index in [1.165, 1.54) is 6.07 Å². The van der Waals surface area contributed by atoms with Crippen molar-refractivity contribution in [3.63, 3.8) is 0 Å². The second kappa shape index (κ2) is 7.54. The molecule has 0 atom stereocenters. The van der Waals surface area contributed by atoms with E-state index in [9.17, 15) is 14.9 Å². The Hall–Kier alpha value is -1.43. The number of nitro benzene ring substituents is 1. The molecule has 1 aromatic carbocycles. The van der Waals surface area contributed by atoms with E-state index in [2.05, 4.69) is 35.1 Å². The van der Waals surface area contributed by atoms with E-state index >= 15 is 0 Å². The second-order valence-electron chi connectivity index (χ2n) is 5.87. The Morgan fingerprint density at radius 2 is 2.10 bits per heavy atom. The van der Waals surface area contributed by atoms with E-state index in [4.69, 9.17) is 0 Å². The molecule has 0 aliphatic heterocycles. The maximum absolute atomic E-state index is 12.3. The van der Waals surface area contributed by atoms with Crippen molar-refractivity contribution in [1.29, 1.82) is 0 Å². The van der Waals surface area contributed by atoms with Crippen LogP contribution in [-0.4, -0.2) is 22.7 Å². The number of halogens is 1. The molecular weight excluding hydrogens is 336 g/mol. The summed E-state index contributed by atoms with van der Waals surface area (Å²) in [4.78, 5) is 22.8. The smallest absolute Gasteiger partial charge is 0.282 e. The van der Waals surface area contributed by atoms with Crippen molar-refractivity contribution in [3.8, 4) is 0 Å². The van der Waals surface area contributed by atoms with Crippen LogP contribution in [0, 0.1) is 22.5 Å². The van der Waals surface area contributed by atoms with Crippen LogP contribution in [-0.2, 0) is 0 Å². The number of amides is 1. The van der Waals surface area contributed by atoms with Gasteiger partial charge in [0.25, 0.3) is 11.6 Å². The Bertz CT molecular complexity index is 530. The lowest BCUT2D eigenvalue weighted by molar-refractivity contribution is -0.385. The van der Waals surface area contributed by atoms with Crippen molar-refractivity contribution in [3.05, 3.63) is 39.4 Å². The van der Waals surface area contributed by atoms with E-state index in [0.29, 0.717) is 12.1 Å². The molecule has 116 valence electrons. The van der Waals surface area contributed by atoms with Crippen LogP contribution in [0.4, 0.5) is 5.69 Å². The molecule has 0 spiro atoms. The van der Waals surface area contributed by atoms with E-state index in [0.717, 1.165) is 18.2 Å². The third kappa shape index (κ3) is 5.12. The van der Waals surface area contributed by atoms with Crippen molar-refractivity contribution in [2.45, 2.75) is 33.6 Å². The van der Waals surface area contributed by atoms with Crippen LogP contribution in [0.3, 0.4) is 0 Å². The van der Waals surface area contributed by atoms with E-state index in [-0.39, 0.29) is 22.6 Å². The number of hydrogen-bond acceptors (Lipinski definition) is 3. The molecular formula is C15H21BrN2O3. The number of alkyl halides is 1. The standard InChI is InChI=1S/C15H21BrN2O3/c1-11-6-4-7-12(18(20)21)13(11)14(19)17-10-15(2,3)8-5-9-16/h4,6-7H,5,8-10H2,1-3H3,(H,17,19). The van der Waals surface area contributed by atoms with Crippen molar-refractivity contribution >= 4 is 27.5 Å². The molecule has 0 aromatic heterocycles. The molecule has 0 heterocycles. The Kier molecular flexibility index (Phi) is 6.33. The molecule has 6 heteroatoms. The van der Waals surface area contributed by atoms with Crippen LogP contribution >= 0.6 is 15.9 Å². The SMILES string of the molecule is Cc1cccc([N+](=O)[O-])c1C(=O)NCC(C)(C)CCCBr. The predicted molar refractivity (Wildman–Crippen MR) is 87.0 cm³/mol. The number of benzene rings is 1.